The highest BCUT2D eigenvalue weighted by molar-refractivity contribution is 7.89. The first-order chi connectivity index (χ1) is 10.3. The highest BCUT2D eigenvalue weighted by Gasteiger charge is 2.22. The maximum absolute atomic E-state index is 12.3. The molecule has 0 saturated heterocycles. The lowest BCUT2D eigenvalue weighted by molar-refractivity contribution is -0.123. The Hall–Kier alpha value is -1.20. The molecule has 1 atom stereocenters. The molecule has 1 saturated carbocycles. The summed E-state index contributed by atoms with van der Waals surface area (Å²) in [5, 5.41) is 0. The monoisotopic (exact) mass is 310 g/mol. The SMILES string of the molecule is [2H]C1(CNS(=O)(=O)c2ccc(C)cc2)CCCCCCC1=O. The van der Waals surface area contributed by atoms with Crippen LogP contribution in [0.3, 0.4) is 0 Å². The summed E-state index contributed by atoms with van der Waals surface area (Å²) in [7, 11) is -3.68. The molecule has 1 aromatic rings. The van der Waals surface area contributed by atoms with E-state index in [9.17, 15) is 13.2 Å². The summed E-state index contributed by atoms with van der Waals surface area (Å²) >= 11 is 0. The zero-order valence-electron chi connectivity index (χ0n) is 13.4. The smallest absolute Gasteiger partial charge is 0.240 e. The molecule has 0 radical (unpaired) electrons. The van der Waals surface area contributed by atoms with E-state index in [2.05, 4.69) is 4.72 Å². The van der Waals surface area contributed by atoms with Gasteiger partial charge in [-0.25, -0.2) is 13.1 Å². The summed E-state index contributed by atoms with van der Waals surface area (Å²) in [6.45, 7) is 1.73. The van der Waals surface area contributed by atoms with Gasteiger partial charge in [-0.1, -0.05) is 37.0 Å². The summed E-state index contributed by atoms with van der Waals surface area (Å²) in [6.07, 6.45) is 4.39. The fourth-order valence-corrected chi connectivity index (χ4v) is 3.49. The number of Topliss-reactive ketones (excluding diaryl/α,β-unsaturated/α-hetero) is 1. The van der Waals surface area contributed by atoms with Crippen molar-refractivity contribution in [3.05, 3.63) is 29.8 Å². The first-order valence-electron chi connectivity index (χ1n) is 7.93. The van der Waals surface area contributed by atoms with Crippen LogP contribution in [0.15, 0.2) is 29.2 Å². The molecule has 21 heavy (non-hydrogen) atoms. The van der Waals surface area contributed by atoms with Crippen molar-refractivity contribution >= 4 is 15.8 Å². The van der Waals surface area contributed by atoms with Crippen LogP contribution >= 0.6 is 0 Å². The number of benzene rings is 1. The van der Waals surface area contributed by atoms with Gasteiger partial charge in [-0.3, -0.25) is 4.79 Å². The van der Waals surface area contributed by atoms with E-state index < -0.39 is 15.9 Å². The van der Waals surface area contributed by atoms with Gasteiger partial charge in [0.2, 0.25) is 10.0 Å². The van der Waals surface area contributed by atoms with Gasteiger partial charge in [-0.05, 0) is 31.9 Å². The summed E-state index contributed by atoms with van der Waals surface area (Å²) in [5.74, 6) is -1.49. The maximum atomic E-state index is 12.3. The number of hydrogen-bond donors (Lipinski definition) is 1. The van der Waals surface area contributed by atoms with Crippen LogP contribution in [0.5, 0.6) is 0 Å². The Morgan fingerprint density at radius 3 is 2.57 bits per heavy atom. The first-order valence-corrected chi connectivity index (χ1v) is 8.91. The third-order valence-electron chi connectivity index (χ3n) is 3.83. The Morgan fingerprint density at radius 1 is 1.19 bits per heavy atom. The van der Waals surface area contributed by atoms with Crippen LogP contribution in [0, 0.1) is 12.8 Å². The number of rotatable bonds is 4. The van der Waals surface area contributed by atoms with Crippen molar-refractivity contribution in [2.75, 3.05) is 6.54 Å². The summed E-state index contributed by atoms with van der Waals surface area (Å²) in [4.78, 5) is 12.3. The number of carbonyl (C=O) groups excluding carboxylic acids is 1. The first kappa shape index (κ1) is 14.7. The molecule has 1 aliphatic rings. The van der Waals surface area contributed by atoms with Crippen molar-refractivity contribution in [1.82, 2.24) is 4.72 Å². The van der Waals surface area contributed by atoms with E-state index >= 15 is 0 Å². The van der Waals surface area contributed by atoms with E-state index in [0.29, 0.717) is 12.8 Å². The Morgan fingerprint density at radius 2 is 1.86 bits per heavy atom. The van der Waals surface area contributed by atoms with E-state index in [1.165, 1.54) is 12.1 Å². The zero-order chi connectivity index (χ0) is 16.2. The average Bonchev–Trinajstić information content (AvgIpc) is 2.47. The lowest BCUT2D eigenvalue weighted by Gasteiger charge is -2.19. The fourth-order valence-electron chi connectivity index (χ4n) is 2.46. The largest absolute Gasteiger partial charge is 0.299 e. The van der Waals surface area contributed by atoms with Gasteiger partial charge >= 0.3 is 0 Å². The van der Waals surface area contributed by atoms with E-state index in [0.717, 1.165) is 31.2 Å². The number of carbonyl (C=O) groups is 1. The third-order valence-corrected chi connectivity index (χ3v) is 5.25. The molecule has 0 aliphatic heterocycles. The third kappa shape index (κ3) is 4.64. The fraction of sp³-hybridized carbons (Fsp3) is 0.562. The molecule has 1 fully saturated rings. The van der Waals surface area contributed by atoms with E-state index in [1.54, 1.807) is 12.1 Å². The van der Waals surface area contributed by atoms with Gasteiger partial charge in [0, 0.05) is 20.2 Å². The van der Waals surface area contributed by atoms with Crippen LogP contribution in [-0.2, 0) is 14.8 Å². The van der Waals surface area contributed by atoms with Crippen molar-refractivity contribution in [3.8, 4) is 0 Å². The van der Waals surface area contributed by atoms with E-state index in [1.807, 2.05) is 6.92 Å². The average molecular weight is 310 g/mol. The minimum absolute atomic E-state index is 0.151. The van der Waals surface area contributed by atoms with Gasteiger partial charge in [0.15, 0.2) is 0 Å². The molecule has 1 N–H and O–H groups in total. The molecular formula is C16H23NO3S. The molecule has 0 heterocycles. The van der Waals surface area contributed by atoms with Crippen LogP contribution in [0.25, 0.3) is 0 Å². The molecule has 0 spiro atoms. The van der Waals surface area contributed by atoms with Crippen molar-refractivity contribution in [2.45, 2.75) is 50.3 Å². The minimum atomic E-state index is -3.68. The molecule has 1 unspecified atom stereocenters. The predicted octanol–water partition coefficient (Wildman–Crippen LogP) is 2.81. The maximum Gasteiger partial charge on any atom is 0.240 e. The van der Waals surface area contributed by atoms with Gasteiger partial charge < -0.3 is 0 Å². The van der Waals surface area contributed by atoms with Gasteiger partial charge in [0.05, 0.1) is 4.90 Å². The van der Waals surface area contributed by atoms with Crippen molar-refractivity contribution in [2.24, 2.45) is 5.89 Å². The second kappa shape index (κ2) is 7.18. The molecule has 0 amide bonds. The number of aryl methyl sites for hydroxylation is 1. The Kier molecular flexibility index (Phi) is 5.04. The minimum Gasteiger partial charge on any atom is -0.299 e. The molecule has 0 aromatic heterocycles. The molecule has 1 aromatic carbocycles. The predicted molar refractivity (Wildman–Crippen MR) is 82.6 cm³/mol. The highest BCUT2D eigenvalue weighted by Crippen LogP contribution is 2.20. The number of nitrogens with one attached hydrogen (secondary N) is 1. The van der Waals surface area contributed by atoms with Gasteiger partial charge in [-0.15, -0.1) is 0 Å². The lowest BCUT2D eigenvalue weighted by Crippen LogP contribution is -2.33. The standard InChI is InChI=1S/C16H23NO3S/c1-13-8-10-15(11-9-13)21(19,20)17-12-14-6-4-2-3-5-7-16(14)18/h8-11,14,17H,2-7,12H2,1H3/i14D. The number of hydrogen-bond acceptors (Lipinski definition) is 3. The molecule has 2 rings (SSSR count). The van der Waals surface area contributed by atoms with Gasteiger partial charge in [0.1, 0.15) is 5.78 Å². The second-order valence-electron chi connectivity index (χ2n) is 5.58. The summed E-state index contributed by atoms with van der Waals surface area (Å²) < 4.78 is 35.4. The molecule has 116 valence electrons. The molecule has 4 nitrogen and oxygen atoms in total. The summed E-state index contributed by atoms with van der Waals surface area (Å²) in [5.41, 5.74) is 0.978. The van der Waals surface area contributed by atoms with Gasteiger partial charge in [-0.2, -0.15) is 0 Å². The molecular weight excluding hydrogens is 286 g/mol. The summed E-state index contributed by atoms with van der Waals surface area (Å²) in [6, 6.07) is 6.53. The van der Waals surface area contributed by atoms with Gasteiger partial charge in [0.25, 0.3) is 0 Å². The number of ketones is 1. The topological polar surface area (TPSA) is 63.2 Å². The molecule has 5 heteroatoms. The van der Waals surface area contributed by atoms with Crippen LogP contribution in [0.1, 0.15) is 45.5 Å². The Labute approximate surface area is 128 Å². The normalized spacial score (nSPS) is 25.0. The van der Waals surface area contributed by atoms with Crippen LogP contribution < -0.4 is 4.72 Å². The van der Waals surface area contributed by atoms with Crippen LogP contribution in [0.4, 0.5) is 0 Å². The lowest BCUT2D eigenvalue weighted by atomic mass is 9.90. The zero-order valence-corrected chi connectivity index (χ0v) is 13.2. The second-order valence-corrected chi connectivity index (χ2v) is 7.35. The van der Waals surface area contributed by atoms with E-state index in [-0.39, 0.29) is 17.2 Å². The highest BCUT2D eigenvalue weighted by atomic mass is 32.2. The molecule has 0 bridgehead atoms. The van der Waals surface area contributed by atoms with Crippen molar-refractivity contribution in [3.63, 3.8) is 0 Å². The van der Waals surface area contributed by atoms with E-state index in [4.69, 9.17) is 1.37 Å². The quantitative estimate of drug-likeness (QED) is 0.930. The Balaban J connectivity index is 2.09. The van der Waals surface area contributed by atoms with Crippen LogP contribution in [-0.4, -0.2) is 20.7 Å². The Bertz CT molecular complexity index is 627. The van der Waals surface area contributed by atoms with Crippen LogP contribution in [0.2, 0.25) is 0 Å². The van der Waals surface area contributed by atoms with Crippen molar-refractivity contribution < 1.29 is 14.6 Å². The van der Waals surface area contributed by atoms with Crippen molar-refractivity contribution in [1.29, 1.82) is 0 Å². The molecule has 1 aliphatic carbocycles. The number of sulfonamides is 1.